The number of carboxylic acid groups (broad SMARTS) is 1. The Balaban J connectivity index is 2.41. The Morgan fingerprint density at radius 1 is 1.10 bits per heavy atom. The van der Waals surface area contributed by atoms with Gasteiger partial charge in [-0.3, -0.25) is 0 Å². The summed E-state index contributed by atoms with van der Waals surface area (Å²) in [6, 6.07) is 7.49. The summed E-state index contributed by atoms with van der Waals surface area (Å²) in [7, 11) is 0. The molecular weight excluding hydrogens is 259 g/mol. The Labute approximate surface area is 116 Å². The largest absolute Gasteiger partial charge is 0.478 e. The summed E-state index contributed by atoms with van der Waals surface area (Å²) in [5.74, 6) is -1.23. The number of hydrogen-bond donors (Lipinski definition) is 1. The number of benzene rings is 2. The monoisotopic (exact) mass is 274 g/mol. The van der Waals surface area contributed by atoms with Crippen molar-refractivity contribution < 1.29 is 19.0 Å². The number of aromatic carboxylic acids is 1. The molecule has 2 rings (SSSR count). The zero-order valence-corrected chi connectivity index (χ0v) is 11.5. The average Bonchev–Trinajstić information content (AvgIpc) is 2.40. The van der Waals surface area contributed by atoms with Crippen molar-refractivity contribution in [3.63, 3.8) is 0 Å². The van der Waals surface area contributed by atoms with Crippen LogP contribution < -0.4 is 4.74 Å². The third kappa shape index (κ3) is 2.64. The first-order valence-corrected chi connectivity index (χ1v) is 6.17. The Morgan fingerprint density at radius 2 is 1.75 bits per heavy atom. The molecule has 0 spiro atoms. The molecule has 20 heavy (non-hydrogen) atoms. The molecule has 2 aromatic carbocycles. The first-order chi connectivity index (χ1) is 9.40. The van der Waals surface area contributed by atoms with Crippen LogP contribution in [0.5, 0.6) is 11.5 Å². The van der Waals surface area contributed by atoms with Crippen molar-refractivity contribution >= 4 is 5.97 Å². The van der Waals surface area contributed by atoms with Crippen LogP contribution in [0.1, 0.15) is 27.0 Å². The molecule has 0 radical (unpaired) electrons. The van der Waals surface area contributed by atoms with Gasteiger partial charge in [0.2, 0.25) is 0 Å². The van der Waals surface area contributed by atoms with Gasteiger partial charge in [-0.2, -0.15) is 0 Å². The van der Waals surface area contributed by atoms with Gasteiger partial charge in [0, 0.05) is 0 Å². The van der Waals surface area contributed by atoms with Crippen molar-refractivity contribution in [1.29, 1.82) is 0 Å². The Bertz CT molecular complexity index is 678. The molecular formula is C16H15FO3. The van der Waals surface area contributed by atoms with Gasteiger partial charge >= 0.3 is 5.97 Å². The van der Waals surface area contributed by atoms with Crippen molar-refractivity contribution in [2.45, 2.75) is 20.8 Å². The fourth-order valence-corrected chi connectivity index (χ4v) is 1.91. The quantitative estimate of drug-likeness (QED) is 0.910. The van der Waals surface area contributed by atoms with Gasteiger partial charge in [-0.1, -0.05) is 12.1 Å². The van der Waals surface area contributed by atoms with E-state index in [1.165, 1.54) is 12.1 Å². The van der Waals surface area contributed by atoms with Crippen LogP contribution in [0.15, 0.2) is 30.3 Å². The highest BCUT2D eigenvalue weighted by Gasteiger charge is 2.13. The van der Waals surface area contributed by atoms with E-state index in [-0.39, 0.29) is 11.3 Å². The molecule has 3 nitrogen and oxygen atoms in total. The lowest BCUT2D eigenvalue weighted by Crippen LogP contribution is -1.99. The minimum absolute atomic E-state index is 0.0202. The third-order valence-electron chi connectivity index (χ3n) is 3.26. The molecule has 0 atom stereocenters. The van der Waals surface area contributed by atoms with Crippen LogP contribution in [0.2, 0.25) is 0 Å². The van der Waals surface area contributed by atoms with E-state index in [9.17, 15) is 9.18 Å². The van der Waals surface area contributed by atoms with Crippen LogP contribution in [0, 0.1) is 26.6 Å². The summed E-state index contributed by atoms with van der Waals surface area (Å²) in [5.41, 5.74) is 2.78. The first-order valence-electron chi connectivity index (χ1n) is 6.17. The second kappa shape index (κ2) is 5.33. The van der Waals surface area contributed by atoms with Gasteiger partial charge in [-0.25, -0.2) is 9.18 Å². The highest BCUT2D eigenvalue weighted by molar-refractivity contribution is 5.87. The maximum atomic E-state index is 13.9. The maximum Gasteiger partial charge on any atom is 0.335 e. The van der Waals surface area contributed by atoms with E-state index < -0.39 is 11.8 Å². The van der Waals surface area contributed by atoms with Gasteiger partial charge in [0.1, 0.15) is 5.75 Å². The Kier molecular flexibility index (Phi) is 3.74. The molecule has 0 unspecified atom stereocenters. The molecule has 0 bridgehead atoms. The highest BCUT2D eigenvalue weighted by Crippen LogP contribution is 2.32. The van der Waals surface area contributed by atoms with E-state index >= 15 is 0 Å². The minimum Gasteiger partial charge on any atom is -0.478 e. The molecule has 0 amide bonds. The van der Waals surface area contributed by atoms with E-state index in [4.69, 9.17) is 9.84 Å². The summed E-state index contributed by atoms with van der Waals surface area (Å²) in [6.45, 7) is 5.73. The lowest BCUT2D eigenvalue weighted by Gasteiger charge is -2.14. The molecule has 0 aliphatic heterocycles. The van der Waals surface area contributed by atoms with Crippen LogP contribution >= 0.6 is 0 Å². The SMILES string of the molecule is Cc1ccc(C)c(Oc2ccc(C(=O)O)cc2F)c1C. The smallest absolute Gasteiger partial charge is 0.335 e. The van der Waals surface area contributed by atoms with Crippen molar-refractivity contribution in [1.82, 2.24) is 0 Å². The molecule has 0 saturated carbocycles. The number of carboxylic acids is 1. The summed E-state index contributed by atoms with van der Waals surface area (Å²) < 4.78 is 19.5. The van der Waals surface area contributed by atoms with Crippen LogP contribution in [-0.2, 0) is 0 Å². The number of halogens is 1. The molecule has 0 heterocycles. The molecule has 4 heteroatoms. The van der Waals surface area contributed by atoms with Gasteiger partial charge in [-0.15, -0.1) is 0 Å². The third-order valence-corrected chi connectivity index (χ3v) is 3.26. The van der Waals surface area contributed by atoms with Gasteiger partial charge in [0.05, 0.1) is 5.56 Å². The lowest BCUT2D eigenvalue weighted by atomic mass is 10.1. The molecule has 0 aromatic heterocycles. The lowest BCUT2D eigenvalue weighted by molar-refractivity contribution is 0.0696. The summed E-state index contributed by atoms with van der Waals surface area (Å²) in [5, 5.41) is 8.81. The molecule has 2 aromatic rings. The Morgan fingerprint density at radius 3 is 2.35 bits per heavy atom. The van der Waals surface area contributed by atoms with Crippen molar-refractivity contribution in [2.75, 3.05) is 0 Å². The van der Waals surface area contributed by atoms with Crippen molar-refractivity contribution in [3.05, 3.63) is 58.4 Å². The summed E-state index contributed by atoms with van der Waals surface area (Å²) in [6.07, 6.45) is 0. The first kappa shape index (κ1) is 14.1. The van der Waals surface area contributed by atoms with Crippen molar-refractivity contribution in [3.8, 4) is 11.5 Å². The molecule has 0 aliphatic rings. The maximum absolute atomic E-state index is 13.9. The number of hydrogen-bond acceptors (Lipinski definition) is 2. The average molecular weight is 274 g/mol. The van der Waals surface area contributed by atoms with Gasteiger partial charge in [-0.05, 0) is 55.7 Å². The van der Waals surface area contributed by atoms with Gasteiger partial charge < -0.3 is 9.84 Å². The van der Waals surface area contributed by atoms with Crippen LogP contribution in [0.3, 0.4) is 0 Å². The predicted octanol–water partition coefficient (Wildman–Crippen LogP) is 4.24. The van der Waals surface area contributed by atoms with Crippen LogP contribution in [0.4, 0.5) is 4.39 Å². The van der Waals surface area contributed by atoms with Gasteiger partial charge in [0.15, 0.2) is 11.6 Å². The highest BCUT2D eigenvalue weighted by atomic mass is 19.1. The Hall–Kier alpha value is -2.36. The number of aryl methyl sites for hydroxylation is 2. The molecule has 0 fully saturated rings. The standard InChI is InChI=1S/C16H15FO3/c1-9-4-5-10(2)15(11(9)3)20-14-7-6-12(16(18)19)8-13(14)17/h4-8H,1-3H3,(H,18,19). The van der Waals surface area contributed by atoms with Crippen LogP contribution in [0.25, 0.3) is 0 Å². The molecule has 1 N–H and O–H groups in total. The van der Waals surface area contributed by atoms with Crippen LogP contribution in [-0.4, -0.2) is 11.1 Å². The van der Waals surface area contributed by atoms with Crippen molar-refractivity contribution in [2.24, 2.45) is 0 Å². The zero-order valence-electron chi connectivity index (χ0n) is 11.5. The fraction of sp³-hybridized carbons (Fsp3) is 0.188. The fourth-order valence-electron chi connectivity index (χ4n) is 1.91. The normalized spacial score (nSPS) is 10.4. The second-order valence-corrected chi connectivity index (χ2v) is 4.71. The predicted molar refractivity (Wildman–Crippen MR) is 74.1 cm³/mol. The number of carbonyl (C=O) groups is 1. The summed E-state index contributed by atoms with van der Waals surface area (Å²) in [4.78, 5) is 10.8. The minimum atomic E-state index is -1.17. The summed E-state index contributed by atoms with van der Waals surface area (Å²) >= 11 is 0. The zero-order chi connectivity index (χ0) is 14.9. The van der Waals surface area contributed by atoms with E-state index in [1.54, 1.807) is 0 Å². The topological polar surface area (TPSA) is 46.5 Å². The van der Waals surface area contributed by atoms with E-state index in [0.29, 0.717) is 5.75 Å². The van der Waals surface area contributed by atoms with E-state index in [1.807, 2.05) is 32.9 Å². The van der Waals surface area contributed by atoms with E-state index in [2.05, 4.69) is 0 Å². The number of rotatable bonds is 3. The van der Waals surface area contributed by atoms with E-state index in [0.717, 1.165) is 22.8 Å². The molecule has 0 aliphatic carbocycles. The van der Waals surface area contributed by atoms with Gasteiger partial charge in [0.25, 0.3) is 0 Å². The molecule has 104 valence electrons. The molecule has 0 saturated heterocycles. The number of ether oxygens (including phenoxy) is 1. The second-order valence-electron chi connectivity index (χ2n) is 4.71.